The van der Waals surface area contributed by atoms with Crippen LogP contribution in [-0.4, -0.2) is 34.9 Å². The van der Waals surface area contributed by atoms with E-state index in [1.54, 1.807) is 13.8 Å². The van der Waals surface area contributed by atoms with Crippen LogP contribution in [0, 0.1) is 5.41 Å². The number of amides is 2. The predicted molar refractivity (Wildman–Crippen MR) is 73.9 cm³/mol. The van der Waals surface area contributed by atoms with Gasteiger partial charge in [-0.15, -0.1) is 0 Å². The molecule has 21 heavy (non-hydrogen) atoms. The van der Waals surface area contributed by atoms with Crippen molar-refractivity contribution in [2.75, 3.05) is 7.11 Å². The van der Waals surface area contributed by atoms with Crippen molar-refractivity contribution in [1.29, 1.82) is 0 Å². The molecule has 1 aliphatic rings. The molecule has 2 rings (SSSR count). The van der Waals surface area contributed by atoms with Crippen molar-refractivity contribution >= 4 is 17.8 Å². The molecule has 1 heterocycles. The average molecular weight is 291 g/mol. The van der Waals surface area contributed by atoms with Gasteiger partial charge in [0.05, 0.1) is 24.6 Å². The first-order valence-corrected chi connectivity index (χ1v) is 6.51. The standard InChI is InChI=1S/C15H17NO5/c1-15(2)7-12(17)16(14(15)20)8-10-6-9(13(18)19)4-5-11(10)21-3/h4-6H,7-8H2,1-3H3,(H,18,19). The summed E-state index contributed by atoms with van der Waals surface area (Å²) < 4.78 is 5.17. The molecule has 0 saturated carbocycles. The van der Waals surface area contributed by atoms with E-state index in [1.807, 2.05) is 0 Å². The molecule has 6 nitrogen and oxygen atoms in total. The molecule has 2 amide bonds. The molecular formula is C15H17NO5. The first kappa shape index (κ1) is 15.0. The molecule has 1 aliphatic heterocycles. The Kier molecular flexibility index (Phi) is 3.72. The fraction of sp³-hybridized carbons (Fsp3) is 0.400. The van der Waals surface area contributed by atoms with Gasteiger partial charge in [-0.25, -0.2) is 4.79 Å². The number of nitrogens with zero attached hydrogens (tertiary/aromatic N) is 1. The lowest BCUT2D eigenvalue weighted by Gasteiger charge is -2.19. The molecule has 0 radical (unpaired) electrons. The van der Waals surface area contributed by atoms with Crippen LogP contribution in [0.15, 0.2) is 18.2 Å². The Hall–Kier alpha value is -2.37. The van der Waals surface area contributed by atoms with Crippen molar-refractivity contribution in [3.05, 3.63) is 29.3 Å². The fourth-order valence-electron chi connectivity index (χ4n) is 2.39. The molecule has 6 heteroatoms. The Labute approximate surface area is 122 Å². The summed E-state index contributed by atoms with van der Waals surface area (Å²) in [5, 5.41) is 9.03. The maximum atomic E-state index is 12.2. The van der Waals surface area contributed by atoms with Crippen molar-refractivity contribution in [3.8, 4) is 5.75 Å². The summed E-state index contributed by atoms with van der Waals surface area (Å²) in [4.78, 5) is 36.4. The maximum absolute atomic E-state index is 12.2. The number of hydrogen-bond donors (Lipinski definition) is 1. The van der Waals surface area contributed by atoms with Gasteiger partial charge in [-0.2, -0.15) is 0 Å². The SMILES string of the molecule is COc1ccc(C(=O)O)cc1CN1C(=O)CC(C)(C)C1=O. The summed E-state index contributed by atoms with van der Waals surface area (Å²) in [7, 11) is 1.46. The van der Waals surface area contributed by atoms with E-state index < -0.39 is 11.4 Å². The van der Waals surface area contributed by atoms with Crippen molar-refractivity contribution in [2.45, 2.75) is 26.8 Å². The van der Waals surface area contributed by atoms with E-state index in [0.29, 0.717) is 11.3 Å². The number of carboxylic acids is 1. The van der Waals surface area contributed by atoms with Crippen LogP contribution in [0.25, 0.3) is 0 Å². The van der Waals surface area contributed by atoms with Crippen LogP contribution < -0.4 is 4.74 Å². The lowest BCUT2D eigenvalue weighted by molar-refractivity contribution is -0.141. The van der Waals surface area contributed by atoms with Crippen LogP contribution in [0.4, 0.5) is 0 Å². The van der Waals surface area contributed by atoms with Gasteiger partial charge in [0.25, 0.3) is 0 Å². The zero-order chi connectivity index (χ0) is 15.8. The zero-order valence-corrected chi connectivity index (χ0v) is 12.2. The van der Waals surface area contributed by atoms with Crippen LogP contribution in [0.2, 0.25) is 0 Å². The monoisotopic (exact) mass is 291 g/mol. The van der Waals surface area contributed by atoms with E-state index in [9.17, 15) is 14.4 Å². The fourth-order valence-corrected chi connectivity index (χ4v) is 2.39. The summed E-state index contributed by atoms with van der Waals surface area (Å²) >= 11 is 0. The van der Waals surface area contributed by atoms with Crippen LogP contribution >= 0.6 is 0 Å². The first-order chi connectivity index (χ1) is 9.76. The Balaban J connectivity index is 2.35. The summed E-state index contributed by atoms with van der Waals surface area (Å²) in [6.07, 6.45) is 0.159. The van der Waals surface area contributed by atoms with E-state index in [1.165, 1.54) is 25.3 Å². The third kappa shape index (κ3) is 2.74. The van der Waals surface area contributed by atoms with Gasteiger partial charge in [-0.05, 0) is 18.2 Å². The Morgan fingerprint density at radius 3 is 2.52 bits per heavy atom. The molecule has 0 aromatic heterocycles. The topological polar surface area (TPSA) is 83.9 Å². The van der Waals surface area contributed by atoms with Gasteiger partial charge in [-0.3, -0.25) is 14.5 Å². The molecule has 1 aromatic carbocycles. The Morgan fingerprint density at radius 1 is 1.38 bits per heavy atom. The Morgan fingerprint density at radius 2 is 2.05 bits per heavy atom. The molecule has 1 N–H and O–H groups in total. The number of imide groups is 1. The van der Waals surface area contributed by atoms with Gasteiger partial charge in [0.1, 0.15) is 5.75 Å². The van der Waals surface area contributed by atoms with E-state index in [0.717, 1.165) is 4.90 Å². The number of carbonyl (C=O) groups is 3. The second-order valence-corrected chi connectivity index (χ2v) is 5.68. The highest BCUT2D eigenvalue weighted by atomic mass is 16.5. The van der Waals surface area contributed by atoms with Crippen LogP contribution in [-0.2, 0) is 16.1 Å². The number of rotatable bonds is 4. The zero-order valence-electron chi connectivity index (χ0n) is 12.2. The highest BCUT2D eigenvalue weighted by Gasteiger charge is 2.44. The van der Waals surface area contributed by atoms with Crippen LogP contribution in [0.3, 0.4) is 0 Å². The number of hydrogen-bond acceptors (Lipinski definition) is 4. The minimum Gasteiger partial charge on any atom is -0.496 e. The number of benzene rings is 1. The molecule has 1 saturated heterocycles. The van der Waals surface area contributed by atoms with Gasteiger partial charge < -0.3 is 9.84 Å². The van der Waals surface area contributed by atoms with Gasteiger partial charge in [-0.1, -0.05) is 13.8 Å². The normalized spacial score (nSPS) is 17.2. The van der Waals surface area contributed by atoms with E-state index in [-0.39, 0.29) is 30.3 Å². The molecular weight excluding hydrogens is 274 g/mol. The summed E-state index contributed by atoms with van der Waals surface area (Å²) in [6, 6.07) is 4.37. The maximum Gasteiger partial charge on any atom is 0.335 e. The smallest absolute Gasteiger partial charge is 0.335 e. The second kappa shape index (κ2) is 5.20. The molecule has 0 aliphatic carbocycles. The van der Waals surface area contributed by atoms with Crippen molar-refractivity contribution in [1.82, 2.24) is 4.90 Å². The molecule has 0 atom stereocenters. The largest absolute Gasteiger partial charge is 0.496 e. The molecule has 0 spiro atoms. The molecule has 0 bridgehead atoms. The number of carbonyl (C=O) groups excluding carboxylic acids is 2. The predicted octanol–water partition coefficient (Wildman–Crippen LogP) is 1.68. The number of ether oxygens (including phenoxy) is 1. The van der Waals surface area contributed by atoms with Crippen molar-refractivity contribution in [2.24, 2.45) is 5.41 Å². The lowest BCUT2D eigenvalue weighted by atomic mass is 9.92. The van der Waals surface area contributed by atoms with Crippen molar-refractivity contribution < 1.29 is 24.2 Å². The quantitative estimate of drug-likeness (QED) is 0.853. The number of carboxylic acid groups (broad SMARTS) is 1. The molecule has 112 valence electrons. The highest BCUT2D eigenvalue weighted by Crippen LogP contribution is 2.34. The minimum absolute atomic E-state index is 0.0192. The minimum atomic E-state index is -1.07. The molecule has 0 unspecified atom stereocenters. The average Bonchev–Trinajstić information content (AvgIpc) is 2.60. The molecule has 1 aromatic rings. The van der Waals surface area contributed by atoms with Gasteiger partial charge in [0.15, 0.2) is 0 Å². The van der Waals surface area contributed by atoms with E-state index in [2.05, 4.69) is 0 Å². The first-order valence-electron chi connectivity index (χ1n) is 6.51. The number of likely N-dealkylation sites (tertiary alicyclic amines) is 1. The lowest BCUT2D eigenvalue weighted by Crippen LogP contribution is -2.32. The van der Waals surface area contributed by atoms with Crippen LogP contribution in [0.5, 0.6) is 5.75 Å². The second-order valence-electron chi connectivity index (χ2n) is 5.68. The van der Waals surface area contributed by atoms with E-state index >= 15 is 0 Å². The number of aromatic carboxylic acids is 1. The summed E-state index contributed by atoms with van der Waals surface area (Å²) in [5.74, 6) is -1.13. The summed E-state index contributed by atoms with van der Waals surface area (Å²) in [5.41, 5.74) is -0.129. The third-order valence-electron chi connectivity index (χ3n) is 3.57. The third-order valence-corrected chi connectivity index (χ3v) is 3.57. The van der Waals surface area contributed by atoms with Gasteiger partial charge in [0, 0.05) is 12.0 Å². The number of methoxy groups -OCH3 is 1. The van der Waals surface area contributed by atoms with Crippen LogP contribution in [0.1, 0.15) is 36.2 Å². The van der Waals surface area contributed by atoms with E-state index in [4.69, 9.17) is 9.84 Å². The Bertz CT molecular complexity index is 620. The van der Waals surface area contributed by atoms with Gasteiger partial charge in [0.2, 0.25) is 11.8 Å². The van der Waals surface area contributed by atoms with Crippen molar-refractivity contribution in [3.63, 3.8) is 0 Å². The highest BCUT2D eigenvalue weighted by molar-refractivity contribution is 6.05. The summed E-state index contributed by atoms with van der Waals surface area (Å²) in [6.45, 7) is 3.46. The van der Waals surface area contributed by atoms with Gasteiger partial charge >= 0.3 is 5.97 Å². The molecule has 1 fully saturated rings.